The van der Waals surface area contributed by atoms with Crippen LogP contribution in [0, 0.1) is 6.92 Å². The van der Waals surface area contributed by atoms with Gasteiger partial charge in [0.1, 0.15) is 11.6 Å². The quantitative estimate of drug-likeness (QED) is 0.859. The van der Waals surface area contributed by atoms with Gasteiger partial charge >= 0.3 is 0 Å². The van der Waals surface area contributed by atoms with E-state index in [-0.39, 0.29) is 0 Å². The Morgan fingerprint density at radius 3 is 2.53 bits per heavy atom. The lowest BCUT2D eigenvalue weighted by Gasteiger charge is -2.08. The number of nitrogens with one attached hydrogen (secondary N) is 1. The lowest BCUT2D eigenvalue weighted by molar-refractivity contribution is 1.03. The summed E-state index contributed by atoms with van der Waals surface area (Å²) in [4.78, 5) is 10.2. The Kier molecular flexibility index (Phi) is 3.42. The van der Waals surface area contributed by atoms with E-state index in [4.69, 9.17) is 0 Å². The van der Waals surface area contributed by atoms with E-state index in [9.17, 15) is 0 Å². The molecule has 3 rings (SSSR count). The van der Waals surface area contributed by atoms with Crippen molar-refractivity contribution in [1.29, 1.82) is 0 Å². The molecule has 98 valence electrons. The second-order valence-corrected chi connectivity index (χ2v) is 5.71. The van der Waals surface area contributed by atoms with Crippen molar-refractivity contribution in [3.05, 3.63) is 36.2 Å². The minimum absolute atomic E-state index is 0.612. The molecule has 1 N–H and O–H groups in total. The molecule has 4 heteroatoms. The molecule has 0 bridgehead atoms. The van der Waals surface area contributed by atoms with Crippen LogP contribution < -0.4 is 5.32 Å². The molecule has 1 aromatic heterocycles. The average Bonchev–Trinajstić information content (AvgIpc) is 3.22. The molecule has 0 radical (unpaired) electrons. The summed E-state index contributed by atoms with van der Waals surface area (Å²) in [6.45, 7) is 1.94. The highest BCUT2D eigenvalue weighted by Crippen LogP contribution is 2.27. The standard InChI is InChI=1S/C15H17N3S/c1-10-16-14(9-15(17-10)18-12-5-6-12)11-3-7-13(19-2)8-4-11/h3-4,7-9,12H,5-6H2,1-2H3,(H,16,17,18). The number of hydrogen-bond acceptors (Lipinski definition) is 4. The number of aromatic nitrogens is 2. The number of rotatable bonds is 4. The van der Waals surface area contributed by atoms with Crippen molar-refractivity contribution in [3.8, 4) is 11.3 Å². The van der Waals surface area contributed by atoms with Gasteiger partial charge in [0.05, 0.1) is 5.69 Å². The number of nitrogens with zero attached hydrogens (tertiary/aromatic N) is 2. The summed E-state index contributed by atoms with van der Waals surface area (Å²) in [6, 6.07) is 11.2. The van der Waals surface area contributed by atoms with E-state index in [1.165, 1.54) is 17.7 Å². The number of thioether (sulfide) groups is 1. The van der Waals surface area contributed by atoms with Gasteiger partial charge in [-0.2, -0.15) is 0 Å². The third-order valence-electron chi connectivity index (χ3n) is 3.15. The molecule has 1 heterocycles. The van der Waals surface area contributed by atoms with Crippen molar-refractivity contribution in [3.63, 3.8) is 0 Å². The van der Waals surface area contributed by atoms with Gasteiger partial charge in [0.2, 0.25) is 0 Å². The summed E-state index contributed by atoms with van der Waals surface area (Å²) in [6.07, 6.45) is 4.59. The zero-order valence-electron chi connectivity index (χ0n) is 11.2. The van der Waals surface area contributed by atoms with Gasteiger partial charge in [-0.1, -0.05) is 12.1 Å². The third-order valence-corrected chi connectivity index (χ3v) is 3.90. The number of anilines is 1. The Bertz CT molecular complexity index is 576. The maximum Gasteiger partial charge on any atom is 0.130 e. The summed E-state index contributed by atoms with van der Waals surface area (Å²) in [5.41, 5.74) is 2.13. The van der Waals surface area contributed by atoms with Gasteiger partial charge in [-0.25, -0.2) is 9.97 Å². The van der Waals surface area contributed by atoms with Crippen molar-refractivity contribution in [1.82, 2.24) is 9.97 Å². The molecule has 1 saturated carbocycles. The van der Waals surface area contributed by atoms with Crippen LogP contribution in [0.25, 0.3) is 11.3 Å². The highest BCUT2D eigenvalue weighted by molar-refractivity contribution is 7.98. The van der Waals surface area contributed by atoms with Crippen LogP contribution in [0.2, 0.25) is 0 Å². The Morgan fingerprint density at radius 2 is 1.89 bits per heavy atom. The molecule has 0 saturated heterocycles. The third kappa shape index (κ3) is 3.07. The number of benzene rings is 1. The van der Waals surface area contributed by atoms with E-state index in [2.05, 4.69) is 45.8 Å². The second-order valence-electron chi connectivity index (χ2n) is 4.83. The van der Waals surface area contributed by atoms with E-state index >= 15 is 0 Å². The first-order valence-electron chi connectivity index (χ1n) is 6.51. The summed E-state index contributed by atoms with van der Waals surface area (Å²) >= 11 is 1.75. The summed E-state index contributed by atoms with van der Waals surface area (Å²) in [5.74, 6) is 1.76. The van der Waals surface area contributed by atoms with Gasteiger partial charge in [0.25, 0.3) is 0 Å². The first-order chi connectivity index (χ1) is 9.24. The molecule has 0 amide bonds. The van der Waals surface area contributed by atoms with Crippen LogP contribution in [0.4, 0.5) is 5.82 Å². The predicted molar refractivity (Wildman–Crippen MR) is 80.6 cm³/mol. The molecule has 3 nitrogen and oxygen atoms in total. The van der Waals surface area contributed by atoms with Gasteiger partial charge < -0.3 is 5.32 Å². The number of aryl methyl sites for hydroxylation is 1. The maximum absolute atomic E-state index is 4.53. The Hall–Kier alpha value is -1.55. The molecule has 19 heavy (non-hydrogen) atoms. The van der Waals surface area contributed by atoms with Crippen molar-refractivity contribution in [2.24, 2.45) is 0 Å². The monoisotopic (exact) mass is 271 g/mol. The lowest BCUT2D eigenvalue weighted by atomic mass is 10.1. The minimum atomic E-state index is 0.612. The zero-order valence-corrected chi connectivity index (χ0v) is 12.0. The largest absolute Gasteiger partial charge is 0.367 e. The van der Waals surface area contributed by atoms with Crippen LogP contribution in [0.15, 0.2) is 35.2 Å². The van der Waals surface area contributed by atoms with Gasteiger partial charge in [0, 0.05) is 22.6 Å². The van der Waals surface area contributed by atoms with Gasteiger partial charge in [-0.15, -0.1) is 11.8 Å². The van der Waals surface area contributed by atoms with Crippen molar-refractivity contribution >= 4 is 17.6 Å². The SMILES string of the molecule is CSc1ccc(-c2cc(NC3CC3)nc(C)n2)cc1. The molecule has 1 aromatic carbocycles. The van der Waals surface area contributed by atoms with Gasteiger partial charge in [-0.3, -0.25) is 0 Å². The first kappa shape index (κ1) is 12.5. The zero-order chi connectivity index (χ0) is 13.2. The van der Waals surface area contributed by atoms with E-state index < -0.39 is 0 Å². The van der Waals surface area contributed by atoms with Crippen LogP contribution in [0.3, 0.4) is 0 Å². The van der Waals surface area contributed by atoms with E-state index in [1.807, 2.05) is 13.0 Å². The molecule has 0 spiro atoms. The van der Waals surface area contributed by atoms with Crippen molar-refractivity contribution in [2.45, 2.75) is 30.7 Å². The van der Waals surface area contributed by atoms with Crippen LogP contribution in [0.1, 0.15) is 18.7 Å². The van der Waals surface area contributed by atoms with E-state index in [0.717, 1.165) is 22.9 Å². The molecule has 1 aliphatic rings. The normalized spacial score (nSPS) is 14.4. The summed E-state index contributed by atoms with van der Waals surface area (Å²) < 4.78 is 0. The van der Waals surface area contributed by atoms with Crippen molar-refractivity contribution < 1.29 is 0 Å². The smallest absolute Gasteiger partial charge is 0.130 e. The summed E-state index contributed by atoms with van der Waals surface area (Å²) in [5, 5.41) is 3.43. The molecular formula is C15H17N3S. The van der Waals surface area contributed by atoms with Crippen LogP contribution in [-0.2, 0) is 0 Å². The van der Waals surface area contributed by atoms with E-state index in [1.54, 1.807) is 11.8 Å². The molecular weight excluding hydrogens is 254 g/mol. The number of hydrogen-bond donors (Lipinski definition) is 1. The fourth-order valence-corrected chi connectivity index (χ4v) is 2.40. The van der Waals surface area contributed by atoms with Gasteiger partial charge in [0.15, 0.2) is 0 Å². The Morgan fingerprint density at radius 1 is 1.16 bits per heavy atom. The van der Waals surface area contributed by atoms with Crippen LogP contribution in [-0.4, -0.2) is 22.3 Å². The summed E-state index contributed by atoms with van der Waals surface area (Å²) in [7, 11) is 0. The van der Waals surface area contributed by atoms with Crippen LogP contribution in [0.5, 0.6) is 0 Å². The topological polar surface area (TPSA) is 37.8 Å². The first-order valence-corrected chi connectivity index (χ1v) is 7.74. The van der Waals surface area contributed by atoms with Crippen molar-refractivity contribution in [2.75, 3.05) is 11.6 Å². The average molecular weight is 271 g/mol. The minimum Gasteiger partial charge on any atom is -0.367 e. The molecule has 0 unspecified atom stereocenters. The molecule has 0 aliphatic heterocycles. The fourth-order valence-electron chi connectivity index (χ4n) is 1.99. The molecule has 1 fully saturated rings. The fraction of sp³-hybridized carbons (Fsp3) is 0.333. The molecule has 0 atom stereocenters. The maximum atomic E-state index is 4.53. The Labute approximate surface area is 117 Å². The van der Waals surface area contributed by atoms with E-state index in [0.29, 0.717) is 6.04 Å². The molecule has 1 aliphatic carbocycles. The van der Waals surface area contributed by atoms with Gasteiger partial charge in [-0.05, 0) is 38.2 Å². The lowest BCUT2D eigenvalue weighted by Crippen LogP contribution is -2.05. The Balaban J connectivity index is 1.91. The second kappa shape index (κ2) is 5.21. The highest BCUT2D eigenvalue weighted by Gasteiger charge is 2.21. The van der Waals surface area contributed by atoms with Crippen LogP contribution >= 0.6 is 11.8 Å². The highest BCUT2D eigenvalue weighted by atomic mass is 32.2. The molecule has 2 aromatic rings. The predicted octanol–water partition coefficient (Wildman–Crippen LogP) is 3.75.